The van der Waals surface area contributed by atoms with Crippen LogP contribution in [0.25, 0.3) is 49.2 Å². The summed E-state index contributed by atoms with van der Waals surface area (Å²) >= 11 is 3.40. The fraction of sp³-hybridized carbons (Fsp3) is 0.531. The molecule has 8 rings (SSSR count). The van der Waals surface area contributed by atoms with Crippen LogP contribution in [0, 0.1) is 0 Å². The molecule has 0 radical (unpaired) electrons. The van der Waals surface area contributed by atoms with E-state index in [0.717, 1.165) is 138 Å². The van der Waals surface area contributed by atoms with Gasteiger partial charge >= 0.3 is 0 Å². The van der Waals surface area contributed by atoms with Crippen molar-refractivity contribution in [1.29, 1.82) is 0 Å². The second-order valence-electron chi connectivity index (χ2n) is 17.5. The van der Waals surface area contributed by atoms with Gasteiger partial charge in [0, 0.05) is 87.4 Å². The van der Waals surface area contributed by atoms with Gasteiger partial charge in [-0.05, 0) is 86.2 Å². The SMILES string of the molecule is COc1c(O)c2c3c(c(OC)c4c5c(OC)c6c(c7c(O)c(NCCCCCCN(C)C)c8c(c(c1C(/C(C)=N/CCCCCCN(C)C)C(C)=C8)c24)c75)=NCCS6)SCCN=3. The Bertz CT molecular complexity index is 2710. The molecule has 2 heterocycles. The highest BCUT2D eigenvalue weighted by Crippen LogP contribution is 2.60. The predicted molar refractivity (Wildman–Crippen MR) is 261 cm³/mol. The van der Waals surface area contributed by atoms with E-state index in [1.165, 1.54) is 12.8 Å². The van der Waals surface area contributed by atoms with Gasteiger partial charge in [0.25, 0.3) is 0 Å². The number of aromatic hydroxyl groups is 2. The molecule has 332 valence electrons. The summed E-state index contributed by atoms with van der Waals surface area (Å²) in [6.07, 6.45) is 11.0. The lowest BCUT2D eigenvalue weighted by Crippen LogP contribution is -2.19. The monoisotopic (exact) mass is 880 g/mol. The Hall–Kier alpha value is -4.17. The van der Waals surface area contributed by atoms with Gasteiger partial charge in [-0.15, -0.1) is 23.5 Å². The van der Waals surface area contributed by atoms with Crippen LogP contribution in [0.3, 0.4) is 0 Å². The van der Waals surface area contributed by atoms with Crippen molar-refractivity contribution in [3.63, 3.8) is 0 Å². The second kappa shape index (κ2) is 18.9. The molecular weight excluding hydrogens is 817 g/mol. The van der Waals surface area contributed by atoms with Gasteiger partial charge in [-0.1, -0.05) is 37.3 Å². The van der Waals surface area contributed by atoms with E-state index in [0.29, 0.717) is 59.9 Å². The minimum atomic E-state index is -0.333. The summed E-state index contributed by atoms with van der Waals surface area (Å²) in [5.74, 6) is 3.31. The third-order valence-electron chi connectivity index (χ3n) is 12.8. The number of aliphatic imine (C=N–C) groups is 1. The molecule has 3 N–H and O–H groups in total. The van der Waals surface area contributed by atoms with Crippen molar-refractivity contribution < 1.29 is 24.4 Å². The lowest BCUT2D eigenvalue weighted by Gasteiger charge is -2.29. The molecule has 1 aliphatic carbocycles. The van der Waals surface area contributed by atoms with Crippen LogP contribution in [0.2, 0.25) is 0 Å². The minimum Gasteiger partial charge on any atom is -0.505 e. The van der Waals surface area contributed by atoms with E-state index in [1.54, 1.807) is 44.9 Å². The normalized spacial score (nSPS) is 16.3. The number of nitrogens with one attached hydrogen (secondary N) is 1. The highest BCUT2D eigenvalue weighted by atomic mass is 32.2. The molecule has 3 aliphatic rings. The molecule has 5 aromatic rings. The predicted octanol–water partition coefficient (Wildman–Crippen LogP) is 9.24. The maximum Gasteiger partial charge on any atom is 0.168 e. The van der Waals surface area contributed by atoms with Gasteiger partial charge in [-0.2, -0.15) is 0 Å². The number of phenolic OH excluding ortho intramolecular Hbond substituents is 2. The number of benzene rings is 5. The van der Waals surface area contributed by atoms with E-state index in [-0.39, 0.29) is 17.4 Å². The Kier molecular flexibility index (Phi) is 13.5. The Labute approximate surface area is 374 Å². The molecule has 2 aliphatic heterocycles. The summed E-state index contributed by atoms with van der Waals surface area (Å²) in [6, 6.07) is 0. The summed E-state index contributed by atoms with van der Waals surface area (Å²) in [5, 5.41) is 37.6. The minimum absolute atomic E-state index is 0.0648. The lowest BCUT2D eigenvalue weighted by molar-refractivity contribution is 0.372. The first kappa shape index (κ1) is 44.4. The average Bonchev–Trinajstić information content (AvgIpc) is 3.39. The molecule has 0 saturated carbocycles. The zero-order valence-corrected chi connectivity index (χ0v) is 39.8. The molecule has 0 aromatic heterocycles. The van der Waals surface area contributed by atoms with E-state index in [1.807, 2.05) is 0 Å². The standard InChI is InChI=1S/C49H64N6O5S2/c1-27-26-29-31-32-34-37(36-33(31)38(41-48(46(36)59-8)61-24-20-52-41)43(56)40(29)51-19-15-11-13-17-23-55(5)6)47(60-9)49-42(53-21-25-62-49)39(34)44(57)45(58-7)35(32)30(27)28(2)50-18-14-10-12-16-22-54(3)4/h26,30,51,56-57H,10-25H2,1-9H3/b50-28+. The second-order valence-corrected chi connectivity index (χ2v) is 19.7. The molecule has 11 nitrogen and oxygen atoms in total. The van der Waals surface area contributed by atoms with Crippen molar-refractivity contribution in [3.05, 3.63) is 27.4 Å². The molecule has 0 fully saturated rings. The number of thioether (sulfide) groups is 2. The van der Waals surface area contributed by atoms with E-state index in [2.05, 4.69) is 63.2 Å². The zero-order valence-electron chi connectivity index (χ0n) is 38.1. The van der Waals surface area contributed by atoms with Crippen LogP contribution in [0.5, 0.6) is 28.7 Å². The van der Waals surface area contributed by atoms with Gasteiger partial charge in [0.1, 0.15) is 17.2 Å². The molecule has 0 bridgehead atoms. The smallest absolute Gasteiger partial charge is 0.168 e. The first-order chi connectivity index (χ1) is 30.0. The molecule has 0 spiro atoms. The maximum atomic E-state index is 12.9. The van der Waals surface area contributed by atoms with Gasteiger partial charge in [-0.3, -0.25) is 15.0 Å². The topological polar surface area (TPSA) is 124 Å². The maximum absolute atomic E-state index is 12.9. The highest BCUT2D eigenvalue weighted by molar-refractivity contribution is 7.99. The fourth-order valence-electron chi connectivity index (χ4n) is 10.2. The number of nitrogens with zero attached hydrogens (tertiary/aromatic N) is 5. The highest BCUT2D eigenvalue weighted by Gasteiger charge is 2.38. The largest absolute Gasteiger partial charge is 0.505 e. The number of phenols is 2. The Morgan fingerprint density at radius 2 is 1.23 bits per heavy atom. The van der Waals surface area contributed by atoms with Gasteiger partial charge in [0.05, 0.1) is 58.3 Å². The number of ether oxygens (including phenoxy) is 3. The van der Waals surface area contributed by atoms with Crippen LogP contribution >= 0.6 is 23.5 Å². The zero-order chi connectivity index (χ0) is 43.8. The van der Waals surface area contributed by atoms with Crippen molar-refractivity contribution >= 4 is 84.1 Å². The Balaban J connectivity index is 1.48. The third kappa shape index (κ3) is 7.68. The molecule has 0 saturated heterocycles. The van der Waals surface area contributed by atoms with Gasteiger partial charge < -0.3 is 39.5 Å². The third-order valence-corrected chi connectivity index (χ3v) is 14.9. The van der Waals surface area contributed by atoms with Gasteiger partial charge in [-0.25, -0.2) is 0 Å². The average molecular weight is 881 g/mol. The van der Waals surface area contributed by atoms with Crippen LogP contribution < -0.4 is 30.2 Å². The van der Waals surface area contributed by atoms with Gasteiger partial charge in [0.15, 0.2) is 11.5 Å². The number of fused-ring (bicyclic) bond motifs is 5. The van der Waals surface area contributed by atoms with Crippen LogP contribution in [0.15, 0.2) is 30.3 Å². The van der Waals surface area contributed by atoms with Crippen LogP contribution in [-0.4, -0.2) is 126 Å². The fourth-order valence-corrected chi connectivity index (χ4v) is 12.2. The molecule has 1 atom stereocenters. The van der Waals surface area contributed by atoms with Crippen LogP contribution in [-0.2, 0) is 0 Å². The number of allylic oxidation sites excluding steroid dienone is 1. The summed E-state index contributed by atoms with van der Waals surface area (Å²) in [6.45, 7) is 9.08. The summed E-state index contributed by atoms with van der Waals surface area (Å²) < 4.78 is 19.4. The Morgan fingerprint density at radius 3 is 1.79 bits per heavy atom. The summed E-state index contributed by atoms with van der Waals surface area (Å²) in [4.78, 5) is 21.8. The quantitative estimate of drug-likeness (QED) is 0.0243. The number of hydrogen-bond acceptors (Lipinski definition) is 13. The molecule has 62 heavy (non-hydrogen) atoms. The molecule has 5 aromatic carbocycles. The number of methoxy groups -OCH3 is 3. The Morgan fingerprint density at radius 1 is 0.694 bits per heavy atom. The van der Waals surface area contributed by atoms with Crippen molar-refractivity contribution in [2.24, 2.45) is 15.0 Å². The summed E-state index contributed by atoms with van der Waals surface area (Å²) in [7, 11) is 13.6. The molecule has 0 amide bonds. The number of anilines is 1. The van der Waals surface area contributed by atoms with Crippen molar-refractivity contribution in [2.75, 3.05) is 106 Å². The molecule has 13 heteroatoms. The van der Waals surface area contributed by atoms with Crippen molar-refractivity contribution in [3.8, 4) is 28.7 Å². The lowest BCUT2D eigenvalue weighted by atomic mass is 9.80. The molecular formula is C49H64N6O5S2. The first-order valence-corrected chi connectivity index (χ1v) is 24.3. The summed E-state index contributed by atoms with van der Waals surface area (Å²) in [5.41, 5.74) is 4.44. The van der Waals surface area contributed by atoms with Crippen LogP contribution in [0.4, 0.5) is 5.69 Å². The van der Waals surface area contributed by atoms with E-state index >= 15 is 0 Å². The first-order valence-electron chi connectivity index (χ1n) is 22.4. The number of hydrogen-bond donors (Lipinski definition) is 3. The van der Waals surface area contributed by atoms with Crippen LogP contribution in [0.1, 0.15) is 82.3 Å². The van der Waals surface area contributed by atoms with Crippen molar-refractivity contribution in [1.82, 2.24) is 9.80 Å². The van der Waals surface area contributed by atoms with E-state index in [9.17, 15) is 10.2 Å². The number of rotatable bonds is 19. The van der Waals surface area contributed by atoms with E-state index in [4.69, 9.17) is 29.2 Å². The van der Waals surface area contributed by atoms with Crippen molar-refractivity contribution in [2.45, 2.75) is 80.9 Å². The van der Waals surface area contributed by atoms with Gasteiger partial charge in [0.2, 0.25) is 0 Å². The number of unbranched alkanes of at least 4 members (excludes halogenated alkanes) is 6. The van der Waals surface area contributed by atoms with E-state index < -0.39 is 0 Å². The molecule has 1 unspecified atom stereocenters.